The van der Waals surface area contributed by atoms with Crippen LogP contribution in [0.5, 0.6) is 0 Å². The summed E-state index contributed by atoms with van der Waals surface area (Å²) in [7, 11) is 2.19. The molecule has 0 N–H and O–H groups in total. The van der Waals surface area contributed by atoms with Crippen LogP contribution in [-0.2, 0) is 7.05 Å². The Kier molecular flexibility index (Phi) is 5.39. The summed E-state index contributed by atoms with van der Waals surface area (Å²) in [6.07, 6.45) is 0. The third-order valence-electron chi connectivity index (χ3n) is 8.33. The highest BCUT2D eigenvalue weighted by Gasteiger charge is 2.16. The zero-order valence-electron chi connectivity index (χ0n) is 22.8. The highest BCUT2D eigenvalue weighted by molar-refractivity contribution is 6.16. The summed E-state index contributed by atoms with van der Waals surface area (Å²) in [6.45, 7) is 0. The van der Waals surface area contributed by atoms with E-state index in [0.717, 1.165) is 17.1 Å². The Morgan fingerprint density at radius 2 is 1.05 bits per heavy atom. The van der Waals surface area contributed by atoms with E-state index in [0.29, 0.717) is 0 Å². The summed E-state index contributed by atoms with van der Waals surface area (Å²) in [4.78, 5) is 2.33. The third kappa shape index (κ3) is 3.88. The van der Waals surface area contributed by atoms with Crippen LogP contribution in [0.4, 0.5) is 17.1 Å². The number of nitrogens with zero attached hydrogens (tertiary/aromatic N) is 2. The van der Waals surface area contributed by atoms with Crippen molar-refractivity contribution in [3.63, 3.8) is 0 Å². The van der Waals surface area contributed by atoms with Gasteiger partial charge in [-0.3, -0.25) is 0 Å². The van der Waals surface area contributed by atoms with Gasteiger partial charge in [0, 0.05) is 46.0 Å². The third-order valence-corrected chi connectivity index (χ3v) is 8.33. The SMILES string of the molecule is Cn1c2cc3ccccc3cc2c2cccc(-c3ccc(N(c4ccccc4)c4ccc5ccccc5c4)cc3)c21. The predicted octanol–water partition coefficient (Wildman–Crippen LogP) is 10.8. The first-order valence-corrected chi connectivity index (χ1v) is 14.1. The van der Waals surface area contributed by atoms with Crippen molar-refractivity contribution in [1.82, 2.24) is 4.57 Å². The highest BCUT2D eigenvalue weighted by atomic mass is 15.1. The fraction of sp³-hybridized carbons (Fsp3) is 0.0256. The van der Waals surface area contributed by atoms with Crippen molar-refractivity contribution in [1.29, 1.82) is 0 Å². The van der Waals surface area contributed by atoms with E-state index < -0.39 is 0 Å². The fourth-order valence-corrected chi connectivity index (χ4v) is 6.33. The van der Waals surface area contributed by atoms with E-state index in [9.17, 15) is 0 Å². The minimum Gasteiger partial charge on any atom is -0.343 e. The number of aryl methyl sites for hydroxylation is 1. The standard InChI is InChI=1S/C39H28N2/c1-40-38-26-31-13-8-7-12-30(31)25-37(38)36-17-9-16-35(39(36)40)28-19-21-33(22-20-28)41(32-14-3-2-4-15-32)34-23-18-27-10-5-6-11-29(27)24-34/h2-26H,1H3. The number of hydrogen-bond donors (Lipinski definition) is 0. The maximum absolute atomic E-state index is 2.35. The van der Waals surface area contributed by atoms with Crippen LogP contribution in [0.3, 0.4) is 0 Å². The summed E-state index contributed by atoms with van der Waals surface area (Å²) < 4.78 is 2.35. The van der Waals surface area contributed by atoms with Gasteiger partial charge in [-0.05, 0) is 75.6 Å². The lowest BCUT2D eigenvalue weighted by atomic mass is 10.0. The van der Waals surface area contributed by atoms with E-state index in [1.807, 2.05) is 0 Å². The average molecular weight is 525 g/mol. The van der Waals surface area contributed by atoms with Gasteiger partial charge in [-0.15, -0.1) is 0 Å². The maximum Gasteiger partial charge on any atom is 0.0568 e. The molecule has 0 spiro atoms. The molecule has 7 aromatic carbocycles. The molecule has 0 amide bonds. The first kappa shape index (κ1) is 23.5. The van der Waals surface area contributed by atoms with E-state index in [-0.39, 0.29) is 0 Å². The molecule has 0 saturated carbocycles. The monoisotopic (exact) mass is 524 g/mol. The van der Waals surface area contributed by atoms with Gasteiger partial charge in [0.15, 0.2) is 0 Å². The van der Waals surface area contributed by atoms with Gasteiger partial charge in [-0.2, -0.15) is 0 Å². The fourth-order valence-electron chi connectivity index (χ4n) is 6.33. The van der Waals surface area contributed by atoms with Crippen LogP contribution >= 0.6 is 0 Å². The van der Waals surface area contributed by atoms with E-state index >= 15 is 0 Å². The smallest absolute Gasteiger partial charge is 0.0568 e. The largest absolute Gasteiger partial charge is 0.343 e. The first-order valence-electron chi connectivity index (χ1n) is 14.1. The van der Waals surface area contributed by atoms with Crippen molar-refractivity contribution in [2.24, 2.45) is 7.05 Å². The molecule has 1 aromatic heterocycles. The van der Waals surface area contributed by atoms with Gasteiger partial charge in [-0.25, -0.2) is 0 Å². The van der Waals surface area contributed by atoms with Crippen LogP contribution < -0.4 is 4.90 Å². The molecule has 0 bridgehead atoms. The summed E-state index contributed by atoms with van der Waals surface area (Å²) in [5, 5.41) is 7.61. The number of aromatic nitrogens is 1. The second-order valence-electron chi connectivity index (χ2n) is 10.7. The van der Waals surface area contributed by atoms with Crippen molar-refractivity contribution >= 4 is 60.4 Å². The van der Waals surface area contributed by atoms with E-state index in [2.05, 4.69) is 168 Å². The number of benzene rings is 7. The molecule has 1 heterocycles. The van der Waals surface area contributed by atoms with Gasteiger partial charge in [0.25, 0.3) is 0 Å². The molecule has 0 saturated heterocycles. The van der Waals surface area contributed by atoms with Gasteiger partial charge in [0.2, 0.25) is 0 Å². The lowest BCUT2D eigenvalue weighted by molar-refractivity contribution is 1.02. The lowest BCUT2D eigenvalue weighted by Gasteiger charge is -2.26. The van der Waals surface area contributed by atoms with Gasteiger partial charge >= 0.3 is 0 Å². The summed E-state index contributed by atoms with van der Waals surface area (Å²) >= 11 is 0. The normalized spacial score (nSPS) is 11.5. The molecular weight excluding hydrogens is 496 g/mol. The second-order valence-corrected chi connectivity index (χ2v) is 10.7. The Morgan fingerprint density at radius 1 is 0.439 bits per heavy atom. The van der Waals surface area contributed by atoms with Crippen LogP contribution in [-0.4, -0.2) is 4.57 Å². The van der Waals surface area contributed by atoms with Crippen LogP contribution in [0.15, 0.2) is 152 Å². The van der Waals surface area contributed by atoms with Crippen LogP contribution in [0.1, 0.15) is 0 Å². The molecule has 8 aromatic rings. The highest BCUT2D eigenvalue weighted by Crippen LogP contribution is 2.40. The lowest BCUT2D eigenvalue weighted by Crippen LogP contribution is -2.09. The molecule has 194 valence electrons. The van der Waals surface area contributed by atoms with Gasteiger partial charge in [-0.1, -0.05) is 103 Å². The Bertz CT molecular complexity index is 2210. The van der Waals surface area contributed by atoms with Crippen LogP contribution in [0.2, 0.25) is 0 Å². The molecular formula is C39H28N2. The summed E-state index contributed by atoms with van der Waals surface area (Å²) in [5.41, 5.74) is 8.39. The predicted molar refractivity (Wildman–Crippen MR) is 176 cm³/mol. The number of hydrogen-bond acceptors (Lipinski definition) is 1. The Morgan fingerprint density at radius 3 is 1.80 bits per heavy atom. The zero-order chi connectivity index (χ0) is 27.3. The molecule has 2 nitrogen and oxygen atoms in total. The van der Waals surface area contributed by atoms with Gasteiger partial charge < -0.3 is 9.47 Å². The molecule has 0 unspecified atom stereocenters. The summed E-state index contributed by atoms with van der Waals surface area (Å²) in [5.74, 6) is 0. The maximum atomic E-state index is 2.35. The molecule has 0 fully saturated rings. The molecule has 0 atom stereocenters. The molecule has 41 heavy (non-hydrogen) atoms. The zero-order valence-corrected chi connectivity index (χ0v) is 22.8. The van der Waals surface area contributed by atoms with Gasteiger partial charge in [0.05, 0.1) is 5.52 Å². The minimum absolute atomic E-state index is 1.13. The van der Waals surface area contributed by atoms with Crippen molar-refractivity contribution in [2.75, 3.05) is 4.90 Å². The molecule has 0 radical (unpaired) electrons. The van der Waals surface area contributed by atoms with Crippen LogP contribution in [0.25, 0.3) is 54.5 Å². The second kappa shape index (κ2) is 9.39. The van der Waals surface area contributed by atoms with Crippen molar-refractivity contribution in [3.05, 3.63) is 152 Å². The Hall–Kier alpha value is -5.34. The molecule has 8 rings (SSSR count). The first-order chi connectivity index (χ1) is 20.2. The van der Waals surface area contributed by atoms with Gasteiger partial charge in [0.1, 0.15) is 0 Å². The minimum atomic E-state index is 1.13. The molecule has 2 heteroatoms. The van der Waals surface area contributed by atoms with Crippen LogP contribution in [0, 0.1) is 0 Å². The topological polar surface area (TPSA) is 8.17 Å². The number of anilines is 3. The number of fused-ring (bicyclic) bond motifs is 5. The number of para-hydroxylation sites is 2. The van der Waals surface area contributed by atoms with Crippen molar-refractivity contribution in [2.45, 2.75) is 0 Å². The Labute approximate surface area is 239 Å². The summed E-state index contributed by atoms with van der Waals surface area (Å²) in [6, 6.07) is 54.8. The quantitative estimate of drug-likeness (QED) is 0.222. The van der Waals surface area contributed by atoms with E-state index in [1.165, 1.54) is 54.5 Å². The Balaban J connectivity index is 1.26. The van der Waals surface area contributed by atoms with E-state index in [4.69, 9.17) is 0 Å². The van der Waals surface area contributed by atoms with E-state index in [1.54, 1.807) is 0 Å². The molecule has 0 aliphatic carbocycles. The average Bonchev–Trinajstić information content (AvgIpc) is 3.31. The molecule has 0 aliphatic rings. The van der Waals surface area contributed by atoms with Crippen molar-refractivity contribution in [3.8, 4) is 11.1 Å². The number of rotatable bonds is 4. The molecule has 0 aliphatic heterocycles. The van der Waals surface area contributed by atoms with Crippen molar-refractivity contribution < 1.29 is 0 Å².